The van der Waals surface area contributed by atoms with Crippen molar-refractivity contribution in [1.82, 2.24) is 0 Å². The number of hydrogen-bond acceptors (Lipinski definition) is 3. The van der Waals surface area contributed by atoms with Crippen molar-refractivity contribution in [2.24, 2.45) is 0 Å². The Morgan fingerprint density at radius 3 is 1.27 bits per heavy atom. The quantitative estimate of drug-likeness (QED) is 0.133. The van der Waals surface area contributed by atoms with Crippen molar-refractivity contribution in [2.75, 3.05) is 13.2 Å². The van der Waals surface area contributed by atoms with Gasteiger partial charge < -0.3 is 14.2 Å². The van der Waals surface area contributed by atoms with E-state index in [1.54, 1.807) is 0 Å². The summed E-state index contributed by atoms with van der Waals surface area (Å²) >= 11 is 0. The van der Waals surface area contributed by atoms with Crippen molar-refractivity contribution in [3.8, 4) is 0 Å². The third-order valence-corrected chi connectivity index (χ3v) is 7.84. The lowest BCUT2D eigenvalue weighted by Gasteiger charge is -2.30. The highest BCUT2D eigenvalue weighted by Crippen LogP contribution is 2.25. The molecular weight excluding hydrogens is 408 g/mol. The Labute approximate surface area is 207 Å². The van der Waals surface area contributed by atoms with E-state index in [-0.39, 0.29) is 0 Å². The molecule has 0 radical (unpaired) electrons. The predicted octanol–water partition coefficient (Wildman–Crippen LogP) is 9.16. The molecule has 3 nitrogen and oxygen atoms in total. The lowest BCUT2D eigenvalue weighted by molar-refractivity contribution is -0.0669. The summed E-state index contributed by atoms with van der Waals surface area (Å²) in [6, 6.07) is 0. The van der Waals surface area contributed by atoms with Crippen molar-refractivity contribution in [2.45, 2.75) is 180 Å². The Bertz CT molecular complexity index is 381. The van der Waals surface area contributed by atoms with Gasteiger partial charge in [-0.2, -0.15) is 0 Å². The summed E-state index contributed by atoms with van der Waals surface area (Å²) in [5.41, 5.74) is 0. The monoisotopic (exact) mass is 466 g/mol. The Hall–Kier alpha value is -0.120. The molecule has 2 aliphatic heterocycles. The predicted molar refractivity (Wildman–Crippen MR) is 141 cm³/mol. The minimum absolute atomic E-state index is 0.460. The van der Waals surface area contributed by atoms with Gasteiger partial charge in [-0.3, -0.25) is 0 Å². The molecule has 2 fully saturated rings. The van der Waals surface area contributed by atoms with Crippen LogP contribution in [0.1, 0.15) is 155 Å². The Morgan fingerprint density at radius 2 is 0.909 bits per heavy atom. The number of ether oxygens (including phenoxy) is 3. The molecule has 0 aromatic carbocycles. The van der Waals surface area contributed by atoms with E-state index in [0.29, 0.717) is 24.4 Å². The van der Waals surface area contributed by atoms with E-state index in [4.69, 9.17) is 14.2 Å². The van der Waals surface area contributed by atoms with Gasteiger partial charge in [0.1, 0.15) is 0 Å². The third kappa shape index (κ3) is 14.8. The van der Waals surface area contributed by atoms with Gasteiger partial charge >= 0.3 is 0 Å². The zero-order valence-corrected chi connectivity index (χ0v) is 22.5. The molecule has 0 spiro atoms. The molecule has 2 aliphatic rings. The van der Waals surface area contributed by atoms with Gasteiger partial charge in [0.2, 0.25) is 0 Å². The maximum Gasteiger partial charge on any atom is 0.0597 e. The maximum atomic E-state index is 6.89. The summed E-state index contributed by atoms with van der Waals surface area (Å²) < 4.78 is 18.2. The minimum Gasteiger partial charge on any atom is -0.378 e. The van der Waals surface area contributed by atoms with Gasteiger partial charge in [0.05, 0.1) is 24.4 Å². The fourth-order valence-electron chi connectivity index (χ4n) is 5.31. The van der Waals surface area contributed by atoms with Gasteiger partial charge in [0.25, 0.3) is 0 Å². The van der Waals surface area contributed by atoms with Crippen molar-refractivity contribution >= 4 is 0 Å². The first kappa shape index (κ1) is 29.1. The fourth-order valence-corrected chi connectivity index (χ4v) is 5.31. The second-order valence-corrected chi connectivity index (χ2v) is 10.9. The van der Waals surface area contributed by atoms with Crippen LogP contribution in [0.3, 0.4) is 0 Å². The lowest BCUT2D eigenvalue weighted by Crippen LogP contribution is -2.28. The van der Waals surface area contributed by atoms with Crippen LogP contribution in [0, 0.1) is 0 Å². The van der Waals surface area contributed by atoms with Crippen LogP contribution in [0.25, 0.3) is 0 Å². The third-order valence-electron chi connectivity index (χ3n) is 7.84. The molecule has 196 valence electrons. The molecule has 2 saturated heterocycles. The summed E-state index contributed by atoms with van der Waals surface area (Å²) in [6.45, 7) is 6.56. The van der Waals surface area contributed by atoms with Gasteiger partial charge in [-0.05, 0) is 64.2 Å². The smallest absolute Gasteiger partial charge is 0.0597 e. The van der Waals surface area contributed by atoms with E-state index in [1.165, 1.54) is 141 Å². The Kier molecular flexibility index (Phi) is 17.7. The molecule has 0 aromatic heterocycles. The molecule has 4 atom stereocenters. The first-order chi connectivity index (χ1) is 16.3. The Balaban J connectivity index is 1.73. The average molecular weight is 467 g/mol. The van der Waals surface area contributed by atoms with Crippen molar-refractivity contribution in [3.63, 3.8) is 0 Å². The fraction of sp³-hybridized carbons (Fsp3) is 1.00. The molecule has 2 heterocycles. The van der Waals surface area contributed by atoms with E-state index in [0.717, 1.165) is 13.2 Å². The standard InChI is InChI=1S/C30H58O3/c1-3-5-7-9-11-13-17-29(21-15-19-27-23-25-31-27)33-30(18-14-12-10-8-6-4-2)22-16-20-28-24-26-32-28/h27-30H,3-26H2,1-2H3. The summed E-state index contributed by atoms with van der Waals surface area (Å²) in [5, 5.41) is 0. The van der Waals surface area contributed by atoms with E-state index >= 15 is 0 Å². The number of unbranched alkanes of at least 4 members (excludes halogenated alkanes) is 10. The molecule has 0 amide bonds. The summed E-state index contributed by atoms with van der Waals surface area (Å²) in [7, 11) is 0. The first-order valence-corrected chi connectivity index (χ1v) is 15.2. The van der Waals surface area contributed by atoms with Crippen LogP contribution in [0.4, 0.5) is 0 Å². The zero-order valence-electron chi connectivity index (χ0n) is 22.5. The van der Waals surface area contributed by atoms with Crippen LogP contribution < -0.4 is 0 Å². The normalized spacial score (nSPS) is 22.0. The molecule has 2 rings (SSSR count). The van der Waals surface area contributed by atoms with Gasteiger partial charge in [0.15, 0.2) is 0 Å². The van der Waals surface area contributed by atoms with E-state index < -0.39 is 0 Å². The zero-order chi connectivity index (χ0) is 23.4. The van der Waals surface area contributed by atoms with Crippen molar-refractivity contribution < 1.29 is 14.2 Å². The molecule has 0 N–H and O–H groups in total. The van der Waals surface area contributed by atoms with E-state index in [9.17, 15) is 0 Å². The highest BCUT2D eigenvalue weighted by molar-refractivity contribution is 4.72. The average Bonchev–Trinajstić information content (AvgIpc) is 2.75. The van der Waals surface area contributed by atoms with Crippen LogP contribution in [0.2, 0.25) is 0 Å². The SMILES string of the molecule is CCCCCCCCC(CCCC1CCO1)OC(CCCCCCCC)CCCC1CCO1. The van der Waals surface area contributed by atoms with E-state index in [1.807, 2.05) is 0 Å². The molecular formula is C30H58O3. The van der Waals surface area contributed by atoms with Crippen LogP contribution >= 0.6 is 0 Å². The van der Waals surface area contributed by atoms with Crippen LogP contribution in [0.5, 0.6) is 0 Å². The van der Waals surface area contributed by atoms with Crippen molar-refractivity contribution in [3.05, 3.63) is 0 Å². The van der Waals surface area contributed by atoms with Gasteiger partial charge in [-0.1, -0.05) is 90.9 Å². The molecule has 4 unspecified atom stereocenters. The second kappa shape index (κ2) is 20.1. The topological polar surface area (TPSA) is 27.7 Å². The van der Waals surface area contributed by atoms with Crippen molar-refractivity contribution in [1.29, 1.82) is 0 Å². The van der Waals surface area contributed by atoms with Crippen LogP contribution in [-0.2, 0) is 14.2 Å². The number of rotatable bonds is 24. The van der Waals surface area contributed by atoms with Gasteiger partial charge in [-0.15, -0.1) is 0 Å². The minimum atomic E-state index is 0.460. The van der Waals surface area contributed by atoms with Gasteiger partial charge in [0, 0.05) is 13.2 Å². The largest absolute Gasteiger partial charge is 0.378 e. The molecule has 0 aliphatic carbocycles. The first-order valence-electron chi connectivity index (χ1n) is 15.2. The van der Waals surface area contributed by atoms with Crippen LogP contribution in [-0.4, -0.2) is 37.6 Å². The summed E-state index contributed by atoms with van der Waals surface area (Å²) in [6.07, 6.45) is 31.1. The summed E-state index contributed by atoms with van der Waals surface area (Å²) in [4.78, 5) is 0. The lowest BCUT2D eigenvalue weighted by atomic mass is 9.98. The molecule has 3 heteroatoms. The second-order valence-electron chi connectivity index (χ2n) is 10.9. The van der Waals surface area contributed by atoms with Gasteiger partial charge in [-0.25, -0.2) is 0 Å². The molecule has 0 saturated carbocycles. The Morgan fingerprint density at radius 1 is 0.545 bits per heavy atom. The highest BCUT2D eigenvalue weighted by atomic mass is 16.5. The van der Waals surface area contributed by atoms with Crippen LogP contribution in [0.15, 0.2) is 0 Å². The number of hydrogen-bond donors (Lipinski definition) is 0. The van der Waals surface area contributed by atoms with E-state index in [2.05, 4.69) is 13.8 Å². The molecule has 0 bridgehead atoms. The molecule has 0 aromatic rings. The maximum absolute atomic E-state index is 6.89. The summed E-state index contributed by atoms with van der Waals surface area (Å²) in [5.74, 6) is 0. The molecule has 33 heavy (non-hydrogen) atoms. The highest BCUT2D eigenvalue weighted by Gasteiger charge is 2.22.